The molecule has 1 unspecified atom stereocenters. The second kappa shape index (κ2) is 8.37. The maximum atomic E-state index is 12.2. The summed E-state index contributed by atoms with van der Waals surface area (Å²) in [6, 6.07) is 23.6. The minimum Gasteiger partial charge on any atom is -0.496 e. The number of aliphatic hydroxyl groups excluding tert-OH is 1. The predicted molar refractivity (Wildman–Crippen MR) is 111 cm³/mol. The lowest BCUT2D eigenvalue weighted by atomic mass is 9.98. The number of para-hydroxylation sites is 1. The third kappa shape index (κ3) is 3.82. The van der Waals surface area contributed by atoms with Crippen molar-refractivity contribution in [1.29, 1.82) is 0 Å². The summed E-state index contributed by atoms with van der Waals surface area (Å²) in [6.07, 6.45) is -1.44. The van der Waals surface area contributed by atoms with E-state index < -0.39 is 12.2 Å². The SMILES string of the molecule is COc1ccccc1C(O)CNC(=O)OCC1c2ccccc2-c2ccccc21. The topological polar surface area (TPSA) is 67.8 Å². The van der Waals surface area contributed by atoms with Crippen LogP contribution in [0.3, 0.4) is 0 Å². The number of carbonyl (C=O) groups is 1. The molecular weight excluding hydrogens is 366 g/mol. The van der Waals surface area contributed by atoms with Gasteiger partial charge in [-0.05, 0) is 28.3 Å². The van der Waals surface area contributed by atoms with E-state index in [1.807, 2.05) is 36.4 Å². The van der Waals surface area contributed by atoms with Crippen LogP contribution in [0.4, 0.5) is 4.79 Å². The smallest absolute Gasteiger partial charge is 0.407 e. The molecule has 3 aromatic rings. The molecule has 0 spiro atoms. The Morgan fingerprint density at radius 3 is 2.21 bits per heavy atom. The van der Waals surface area contributed by atoms with Crippen LogP contribution in [0, 0.1) is 0 Å². The van der Waals surface area contributed by atoms with Crippen LogP contribution in [0.2, 0.25) is 0 Å². The molecule has 0 fully saturated rings. The molecule has 5 heteroatoms. The fraction of sp³-hybridized carbons (Fsp3) is 0.208. The molecular formula is C24H23NO4. The number of fused-ring (bicyclic) bond motifs is 3. The number of amides is 1. The van der Waals surface area contributed by atoms with Crippen molar-refractivity contribution < 1.29 is 19.4 Å². The predicted octanol–water partition coefficient (Wildman–Crippen LogP) is 4.27. The van der Waals surface area contributed by atoms with Gasteiger partial charge >= 0.3 is 6.09 Å². The third-order valence-corrected chi connectivity index (χ3v) is 5.28. The van der Waals surface area contributed by atoms with Gasteiger partial charge in [0.1, 0.15) is 12.4 Å². The highest BCUT2D eigenvalue weighted by Crippen LogP contribution is 2.44. The quantitative estimate of drug-likeness (QED) is 0.661. The number of aliphatic hydroxyl groups is 1. The van der Waals surface area contributed by atoms with Gasteiger partial charge in [0.2, 0.25) is 0 Å². The van der Waals surface area contributed by atoms with Gasteiger partial charge < -0.3 is 19.9 Å². The first-order valence-electron chi connectivity index (χ1n) is 9.59. The summed E-state index contributed by atoms with van der Waals surface area (Å²) in [6.45, 7) is 0.279. The normalized spacial score (nSPS) is 13.3. The van der Waals surface area contributed by atoms with E-state index in [4.69, 9.17) is 9.47 Å². The van der Waals surface area contributed by atoms with Crippen LogP contribution in [0.1, 0.15) is 28.7 Å². The average molecular weight is 389 g/mol. The van der Waals surface area contributed by atoms with Gasteiger partial charge in [0, 0.05) is 11.5 Å². The minimum atomic E-state index is -0.883. The third-order valence-electron chi connectivity index (χ3n) is 5.28. The van der Waals surface area contributed by atoms with Gasteiger partial charge in [-0.1, -0.05) is 66.7 Å². The zero-order chi connectivity index (χ0) is 20.2. The summed E-state index contributed by atoms with van der Waals surface area (Å²) in [7, 11) is 1.55. The molecule has 1 aliphatic rings. The van der Waals surface area contributed by atoms with Gasteiger partial charge in [0.25, 0.3) is 0 Å². The zero-order valence-corrected chi connectivity index (χ0v) is 16.2. The van der Waals surface area contributed by atoms with Gasteiger partial charge in [-0.15, -0.1) is 0 Å². The maximum Gasteiger partial charge on any atom is 0.407 e. The molecule has 4 rings (SSSR count). The van der Waals surface area contributed by atoms with Crippen LogP contribution in [0.25, 0.3) is 11.1 Å². The molecule has 1 aliphatic carbocycles. The highest BCUT2D eigenvalue weighted by Gasteiger charge is 2.29. The largest absolute Gasteiger partial charge is 0.496 e. The van der Waals surface area contributed by atoms with Crippen LogP contribution < -0.4 is 10.1 Å². The Hall–Kier alpha value is -3.31. The highest BCUT2D eigenvalue weighted by molar-refractivity contribution is 5.79. The first-order valence-corrected chi connectivity index (χ1v) is 9.59. The van der Waals surface area contributed by atoms with E-state index in [-0.39, 0.29) is 19.1 Å². The van der Waals surface area contributed by atoms with Crippen molar-refractivity contribution in [2.45, 2.75) is 12.0 Å². The molecule has 29 heavy (non-hydrogen) atoms. The van der Waals surface area contributed by atoms with Gasteiger partial charge in [-0.25, -0.2) is 4.79 Å². The van der Waals surface area contributed by atoms with E-state index in [0.29, 0.717) is 11.3 Å². The van der Waals surface area contributed by atoms with Gasteiger partial charge in [0.15, 0.2) is 0 Å². The van der Waals surface area contributed by atoms with Crippen LogP contribution in [-0.2, 0) is 4.74 Å². The second-order valence-electron chi connectivity index (χ2n) is 6.96. The van der Waals surface area contributed by atoms with Crippen molar-refractivity contribution in [2.75, 3.05) is 20.3 Å². The molecule has 2 N–H and O–H groups in total. The van der Waals surface area contributed by atoms with Crippen molar-refractivity contribution in [3.8, 4) is 16.9 Å². The molecule has 0 saturated carbocycles. The average Bonchev–Trinajstić information content (AvgIpc) is 3.09. The monoisotopic (exact) mass is 389 g/mol. The Morgan fingerprint density at radius 2 is 1.55 bits per heavy atom. The van der Waals surface area contributed by atoms with E-state index in [2.05, 4.69) is 29.6 Å². The van der Waals surface area contributed by atoms with Gasteiger partial charge in [-0.2, -0.15) is 0 Å². The molecule has 148 valence electrons. The number of methoxy groups -OCH3 is 1. The molecule has 1 atom stereocenters. The van der Waals surface area contributed by atoms with Gasteiger partial charge in [-0.3, -0.25) is 0 Å². The molecule has 0 aliphatic heterocycles. The number of alkyl carbamates (subject to hydrolysis) is 1. The summed E-state index contributed by atoms with van der Waals surface area (Å²) >= 11 is 0. The van der Waals surface area contributed by atoms with Crippen molar-refractivity contribution >= 4 is 6.09 Å². The first kappa shape index (κ1) is 19.0. The number of benzene rings is 3. The molecule has 5 nitrogen and oxygen atoms in total. The molecule has 1 amide bonds. The lowest BCUT2D eigenvalue weighted by Crippen LogP contribution is -2.30. The van der Waals surface area contributed by atoms with E-state index in [9.17, 15) is 9.90 Å². The fourth-order valence-electron chi connectivity index (χ4n) is 3.88. The highest BCUT2D eigenvalue weighted by atomic mass is 16.5. The first-order chi connectivity index (χ1) is 14.2. The fourth-order valence-corrected chi connectivity index (χ4v) is 3.88. The Morgan fingerprint density at radius 1 is 0.966 bits per heavy atom. The van der Waals surface area contributed by atoms with Crippen molar-refractivity contribution in [2.24, 2.45) is 0 Å². The lowest BCUT2D eigenvalue weighted by molar-refractivity contribution is 0.128. The van der Waals surface area contributed by atoms with Crippen LogP contribution in [-0.4, -0.2) is 31.5 Å². The molecule has 0 aromatic heterocycles. The zero-order valence-electron chi connectivity index (χ0n) is 16.2. The Bertz CT molecular complexity index is 972. The second-order valence-corrected chi connectivity index (χ2v) is 6.96. The summed E-state index contributed by atoms with van der Waals surface area (Å²) < 4.78 is 10.7. The Balaban J connectivity index is 1.38. The van der Waals surface area contributed by atoms with Gasteiger partial charge in [0.05, 0.1) is 19.8 Å². The standard InChI is InChI=1S/C24H23NO4/c1-28-23-13-7-6-12-20(23)22(26)14-25-24(27)29-15-21-18-10-4-2-8-16(18)17-9-3-5-11-19(17)21/h2-13,21-22,26H,14-15H2,1H3,(H,25,27). The summed E-state index contributed by atoms with van der Waals surface area (Å²) in [5, 5.41) is 13.0. The van der Waals surface area contributed by atoms with Crippen LogP contribution >= 0.6 is 0 Å². The minimum absolute atomic E-state index is 0.00675. The number of nitrogens with one attached hydrogen (secondary N) is 1. The molecule has 0 saturated heterocycles. The summed E-state index contributed by atoms with van der Waals surface area (Å²) in [5.74, 6) is 0.585. The van der Waals surface area contributed by atoms with Crippen LogP contribution in [0.15, 0.2) is 72.8 Å². The van der Waals surface area contributed by atoms with E-state index in [1.165, 1.54) is 11.1 Å². The molecule has 0 bridgehead atoms. The van der Waals surface area contributed by atoms with Crippen molar-refractivity contribution in [3.63, 3.8) is 0 Å². The van der Waals surface area contributed by atoms with Crippen molar-refractivity contribution in [1.82, 2.24) is 5.32 Å². The maximum absolute atomic E-state index is 12.2. The molecule has 0 radical (unpaired) electrons. The number of hydrogen-bond acceptors (Lipinski definition) is 4. The van der Waals surface area contributed by atoms with E-state index in [1.54, 1.807) is 19.2 Å². The summed E-state index contributed by atoms with van der Waals surface area (Å²) in [5.41, 5.74) is 5.31. The molecule has 0 heterocycles. The number of carbonyl (C=O) groups excluding carboxylic acids is 1. The Labute approximate surface area is 169 Å². The molecule has 3 aromatic carbocycles. The number of rotatable bonds is 6. The van der Waals surface area contributed by atoms with Crippen LogP contribution in [0.5, 0.6) is 5.75 Å². The summed E-state index contributed by atoms with van der Waals surface area (Å²) in [4.78, 5) is 12.2. The number of ether oxygens (including phenoxy) is 2. The van der Waals surface area contributed by atoms with E-state index in [0.717, 1.165) is 11.1 Å². The number of hydrogen-bond donors (Lipinski definition) is 2. The van der Waals surface area contributed by atoms with Crippen molar-refractivity contribution in [3.05, 3.63) is 89.5 Å². The Kier molecular flexibility index (Phi) is 5.49. The van der Waals surface area contributed by atoms with E-state index >= 15 is 0 Å². The lowest BCUT2D eigenvalue weighted by Gasteiger charge is -2.17.